The Labute approximate surface area is 191 Å². The van der Waals surface area contributed by atoms with Crippen LogP contribution in [-0.2, 0) is 14.0 Å². The molecule has 5 heteroatoms. The van der Waals surface area contributed by atoms with E-state index in [1.165, 1.54) is 23.6 Å². The van der Waals surface area contributed by atoms with Crippen LogP contribution in [0.4, 0.5) is 0 Å². The fourth-order valence-electron chi connectivity index (χ4n) is 3.31. The normalized spacial score (nSPS) is 15.2. The molecule has 174 valence electrons. The average molecular weight is 446 g/mol. The Morgan fingerprint density at radius 3 is 1.87 bits per heavy atom. The zero-order valence-electron chi connectivity index (χ0n) is 21.2. The van der Waals surface area contributed by atoms with Crippen molar-refractivity contribution in [1.29, 1.82) is 5.26 Å². The number of esters is 1. The highest BCUT2D eigenvalue weighted by molar-refractivity contribution is 6.69. The molecule has 0 amide bonds. The maximum Gasteiger partial charge on any atom is 0.302 e. The van der Waals surface area contributed by atoms with Crippen molar-refractivity contribution in [3.8, 4) is 6.07 Å². The minimum Gasteiger partial charge on any atom is -0.462 e. The molecule has 0 aromatic heterocycles. The number of allylic oxidation sites excluding steroid dienone is 5. The minimum absolute atomic E-state index is 0.247. The van der Waals surface area contributed by atoms with Gasteiger partial charge in [0.2, 0.25) is 0 Å². The van der Waals surface area contributed by atoms with Crippen molar-refractivity contribution in [2.45, 2.75) is 98.9 Å². The zero-order chi connectivity index (χ0) is 24.1. The topological polar surface area (TPSA) is 59.3 Å². The van der Waals surface area contributed by atoms with Gasteiger partial charge in [0.15, 0.2) is 13.9 Å². The smallest absolute Gasteiger partial charge is 0.302 e. The van der Waals surface area contributed by atoms with E-state index in [1.807, 2.05) is 26.0 Å². The molecule has 1 atom stereocenters. The standard InChI is InChI=1S/C26H43NO3Si/c1-21(2)18-26(20-27,30-31(7,8)9)19-24(5)15-11-13-22(3)12-10-14-23(4)16-17-29-25(6)28/h12,15-16,18H,10-11,13-14,17,19H2,1-9H3/b22-12+,23-16+,24-15+. The van der Waals surface area contributed by atoms with Crippen molar-refractivity contribution < 1.29 is 14.0 Å². The number of nitrogens with zero attached hydrogens (tertiary/aromatic N) is 1. The molecule has 0 aliphatic carbocycles. The number of hydrogen-bond donors (Lipinski definition) is 0. The van der Waals surface area contributed by atoms with E-state index >= 15 is 0 Å². The van der Waals surface area contributed by atoms with Gasteiger partial charge in [-0.3, -0.25) is 4.79 Å². The SMILES string of the molecule is CC(=O)OC/C=C(\C)CC/C=C(\C)CC/C=C(\C)CC(C#N)(C=C(C)C)O[Si](C)(C)C. The molecular weight excluding hydrogens is 402 g/mol. The maximum atomic E-state index is 10.8. The summed E-state index contributed by atoms with van der Waals surface area (Å²) in [6.45, 7) is 18.5. The van der Waals surface area contributed by atoms with Crippen molar-refractivity contribution >= 4 is 14.3 Å². The van der Waals surface area contributed by atoms with Crippen LogP contribution >= 0.6 is 0 Å². The highest BCUT2D eigenvalue weighted by Crippen LogP contribution is 2.28. The highest BCUT2D eigenvalue weighted by Gasteiger charge is 2.34. The van der Waals surface area contributed by atoms with Crippen LogP contribution < -0.4 is 0 Å². The molecule has 0 aliphatic heterocycles. The van der Waals surface area contributed by atoms with E-state index in [0.717, 1.165) is 31.3 Å². The van der Waals surface area contributed by atoms with Crippen molar-refractivity contribution in [2.24, 2.45) is 0 Å². The number of ether oxygens (including phenoxy) is 1. The summed E-state index contributed by atoms with van der Waals surface area (Å²) < 4.78 is 11.3. The quantitative estimate of drug-likeness (QED) is 0.168. The Bertz CT molecular complexity index is 744. The summed E-state index contributed by atoms with van der Waals surface area (Å²) in [6.07, 6.45) is 13.0. The first-order valence-electron chi connectivity index (χ1n) is 11.2. The van der Waals surface area contributed by atoms with Gasteiger partial charge in [0.05, 0.1) is 0 Å². The van der Waals surface area contributed by atoms with Crippen molar-refractivity contribution in [1.82, 2.24) is 0 Å². The molecule has 1 unspecified atom stereocenters. The van der Waals surface area contributed by atoms with Gasteiger partial charge in [0, 0.05) is 13.3 Å². The van der Waals surface area contributed by atoms with Crippen LogP contribution in [0.5, 0.6) is 0 Å². The molecule has 0 saturated carbocycles. The third kappa shape index (κ3) is 15.5. The number of carbonyl (C=O) groups is 1. The van der Waals surface area contributed by atoms with Crippen LogP contribution in [0.25, 0.3) is 0 Å². The Kier molecular flexibility index (Phi) is 13.3. The van der Waals surface area contributed by atoms with Gasteiger partial charge in [-0.25, -0.2) is 0 Å². The van der Waals surface area contributed by atoms with Gasteiger partial charge in [0.1, 0.15) is 12.7 Å². The molecule has 0 saturated heterocycles. The van der Waals surface area contributed by atoms with Gasteiger partial charge in [0.25, 0.3) is 0 Å². The molecule has 0 aromatic carbocycles. The Balaban J connectivity index is 4.79. The molecule has 0 aliphatic rings. The summed E-state index contributed by atoms with van der Waals surface area (Å²) in [4.78, 5) is 10.8. The summed E-state index contributed by atoms with van der Waals surface area (Å²) in [5.41, 5.74) is 4.02. The molecule has 0 fully saturated rings. The molecule has 0 heterocycles. The van der Waals surface area contributed by atoms with Gasteiger partial charge in [-0.1, -0.05) is 34.4 Å². The minimum atomic E-state index is -1.87. The van der Waals surface area contributed by atoms with Gasteiger partial charge >= 0.3 is 5.97 Å². The summed E-state index contributed by atoms with van der Waals surface area (Å²) in [6, 6.07) is 2.44. The third-order valence-electron chi connectivity index (χ3n) is 4.52. The summed E-state index contributed by atoms with van der Waals surface area (Å²) in [5.74, 6) is -0.247. The number of hydrogen-bond acceptors (Lipinski definition) is 4. The van der Waals surface area contributed by atoms with Gasteiger partial charge in [-0.15, -0.1) is 0 Å². The van der Waals surface area contributed by atoms with Crippen molar-refractivity contribution in [2.75, 3.05) is 6.61 Å². The summed E-state index contributed by atoms with van der Waals surface area (Å²) in [7, 11) is -1.87. The Hall–Kier alpha value is -1.90. The lowest BCUT2D eigenvalue weighted by Gasteiger charge is -2.32. The first-order valence-corrected chi connectivity index (χ1v) is 14.6. The number of nitriles is 1. The average Bonchev–Trinajstić information content (AvgIpc) is 2.59. The third-order valence-corrected chi connectivity index (χ3v) is 5.50. The molecule has 0 N–H and O–H groups in total. The Morgan fingerprint density at radius 2 is 1.42 bits per heavy atom. The van der Waals surface area contributed by atoms with E-state index in [4.69, 9.17) is 9.16 Å². The second-order valence-corrected chi connectivity index (χ2v) is 14.1. The lowest BCUT2D eigenvalue weighted by Crippen LogP contribution is -2.41. The fourth-order valence-corrected chi connectivity index (χ4v) is 4.58. The largest absolute Gasteiger partial charge is 0.462 e. The lowest BCUT2D eigenvalue weighted by atomic mass is 9.93. The number of carbonyl (C=O) groups excluding carboxylic acids is 1. The van der Waals surface area contributed by atoms with Gasteiger partial charge in [-0.05, 0) is 92.1 Å². The predicted octanol–water partition coefficient (Wildman–Crippen LogP) is 7.42. The van der Waals surface area contributed by atoms with Crippen LogP contribution in [-0.4, -0.2) is 26.5 Å². The second kappa shape index (κ2) is 14.2. The first-order chi connectivity index (χ1) is 14.3. The van der Waals surface area contributed by atoms with E-state index in [2.05, 4.69) is 58.6 Å². The summed E-state index contributed by atoms with van der Waals surface area (Å²) in [5, 5.41) is 9.91. The van der Waals surface area contributed by atoms with E-state index in [0.29, 0.717) is 13.0 Å². The van der Waals surface area contributed by atoms with Crippen molar-refractivity contribution in [3.05, 3.63) is 46.6 Å². The number of rotatable bonds is 13. The molecule has 4 nitrogen and oxygen atoms in total. The lowest BCUT2D eigenvalue weighted by molar-refractivity contribution is -0.139. The van der Waals surface area contributed by atoms with E-state index in [9.17, 15) is 10.1 Å². The molecule has 0 rings (SSSR count). The van der Waals surface area contributed by atoms with Crippen LogP contribution in [0, 0.1) is 11.3 Å². The maximum absolute atomic E-state index is 10.8. The van der Waals surface area contributed by atoms with E-state index < -0.39 is 13.9 Å². The van der Waals surface area contributed by atoms with Crippen LogP contribution in [0.2, 0.25) is 19.6 Å². The fraction of sp³-hybridized carbons (Fsp3) is 0.615. The highest BCUT2D eigenvalue weighted by atomic mass is 28.4. The monoisotopic (exact) mass is 445 g/mol. The van der Waals surface area contributed by atoms with Crippen LogP contribution in [0.15, 0.2) is 46.6 Å². The molecule has 0 aromatic rings. The molecular formula is C26H43NO3Si. The van der Waals surface area contributed by atoms with Crippen LogP contribution in [0.1, 0.15) is 73.6 Å². The van der Waals surface area contributed by atoms with Gasteiger partial charge in [-0.2, -0.15) is 5.26 Å². The van der Waals surface area contributed by atoms with Gasteiger partial charge < -0.3 is 9.16 Å². The Morgan fingerprint density at radius 1 is 0.903 bits per heavy atom. The van der Waals surface area contributed by atoms with E-state index in [1.54, 1.807) is 0 Å². The molecule has 0 radical (unpaired) electrons. The summed E-state index contributed by atoms with van der Waals surface area (Å²) >= 11 is 0. The van der Waals surface area contributed by atoms with Crippen LogP contribution in [0.3, 0.4) is 0 Å². The molecule has 0 spiro atoms. The molecule has 31 heavy (non-hydrogen) atoms. The molecule has 0 bridgehead atoms. The van der Waals surface area contributed by atoms with Crippen molar-refractivity contribution in [3.63, 3.8) is 0 Å². The van der Waals surface area contributed by atoms with E-state index in [-0.39, 0.29) is 5.97 Å². The predicted molar refractivity (Wildman–Crippen MR) is 133 cm³/mol. The zero-order valence-corrected chi connectivity index (χ0v) is 22.2. The second-order valence-electron chi connectivity index (χ2n) is 9.65. The first kappa shape index (κ1) is 29.1.